The van der Waals surface area contributed by atoms with Crippen LogP contribution < -0.4 is 0 Å². The molecule has 0 saturated carbocycles. The minimum atomic E-state index is -3.48. The summed E-state index contributed by atoms with van der Waals surface area (Å²) in [5.74, 6) is -1.14. The van der Waals surface area contributed by atoms with Crippen LogP contribution in [-0.2, 0) is 10.2 Å². The molecule has 2 aromatic rings. The molecule has 1 atom stereocenters. The maximum Gasteiger partial charge on any atom is 0.337 e. The number of hydrogen-bond acceptors (Lipinski definition) is 6. The van der Waals surface area contributed by atoms with Crippen molar-refractivity contribution in [2.24, 2.45) is 0 Å². The largest absolute Gasteiger partial charge is 0.478 e. The van der Waals surface area contributed by atoms with Crippen molar-refractivity contribution in [2.45, 2.75) is 18.8 Å². The molecule has 1 aliphatic heterocycles. The van der Waals surface area contributed by atoms with E-state index in [0.29, 0.717) is 30.0 Å². The van der Waals surface area contributed by atoms with E-state index < -0.39 is 16.2 Å². The number of aromatic nitrogens is 3. The Morgan fingerprint density at radius 3 is 2.67 bits per heavy atom. The predicted molar refractivity (Wildman–Crippen MR) is 98.4 cm³/mol. The van der Waals surface area contributed by atoms with Gasteiger partial charge < -0.3 is 5.11 Å². The summed E-state index contributed by atoms with van der Waals surface area (Å²) in [6.45, 7) is 0.820. The molecule has 10 heteroatoms. The number of piperidine rings is 1. The quantitative estimate of drug-likeness (QED) is 0.814. The maximum absolute atomic E-state index is 12.4. The van der Waals surface area contributed by atoms with Crippen molar-refractivity contribution in [1.82, 2.24) is 23.6 Å². The van der Waals surface area contributed by atoms with Gasteiger partial charge in [0.2, 0.25) is 0 Å². The summed E-state index contributed by atoms with van der Waals surface area (Å²) in [6.07, 6.45) is 7.53. The summed E-state index contributed by atoms with van der Waals surface area (Å²) >= 11 is 0. The van der Waals surface area contributed by atoms with Crippen LogP contribution in [0.25, 0.3) is 11.3 Å². The second kappa shape index (κ2) is 7.67. The number of hydrogen-bond donors (Lipinski definition) is 1. The minimum Gasteiger partial charge on any atom is -0.478 e. The van der Waals surface area contributed by atoms with Crippen molar-refractivity contribution in [3.63, 3.8) is 0 Å². The number of carbonyl (C=O) groups is 1. The molecule has 0 spiro atoms. The highest BCUT2D eigenvalue weighted by Crippen LogP contribution is 2.28. The highest BCUT2D eigenvalue weighted by molar-refractivity contribution is 7.86. The first-order chi connectivity index (χ1) is 12.8. The molecule has 3 heterocycles. The lowest BCUT2D eigenvalue weighted by molar-refractivity contribution is 0.0696. The van der Waals surface area contributed by atoms with Gasteiger partial charge in [-0.2, -0.15) is 17.0 Å². The van der Waals surface area contributed by atoms with E-state index in [0.717, 1.165) is 12.8 Å². The monoisotopic (exact) mass is 391 g/mol. The van der Waals surface area contributed by atoms with E-state index in [1.807, 2.05) is 0 Å². The van der Waals surface area contributed by atoms with Crippen molar-refractivity contribution in [2.75, 3.05) is 27.2 Å². The Balaban J connectivity index is 1.87. The molecule has 1 unspecified atom stereocenters. The van der Waals surface area contributed by atoms with Gasteiger partial charge in [-0.25, -0.2) is 9.78 Å². The smallest absolute Gasteiger partial charge is 0.337 e. The van der Waals surface area contributed by atoms with Crippen LogP contribution in [0.5, 0.6) is 0 Å². The Hall–Kier alpha value is -2.43. The summed E-state index contributed by atoms with van der Waals surface area (Å²) in [4.78, 5) is 23.9. The van der Waals surface area contributed by atoms with Crippen molar-refractivity contribution >= 4 is 16.2 Å². The zero-order chi connectivity index (χ0) is 19.6. The summed E-state index contributed by atoms with van der Waals surface area (Å²) in [7, 11) is -0.444. The van der Waals surface area contributed by atoms with Gasteiger partial charge in [-0.3, -0.25) is 9.97 Å². The zero-order valence-electron chi connectivity index (χ0n) is 15.1. The first-order valence-corrected chi connectivity index (χ1v) is 9.87. The van der Waals surface area contributed by atoms with Crippen molar-refractivity contribution in [3.05, 3.63) is 42.1 Å². The van der Waals surface area contributed by atoms with E-state index in [9.17, 15) is 13.2 Å². The molecule has 3 rings (SSSR count). The Morgan fingerprint density at radius 1 is 1.22 bits per heavy atom. The lowest BCUT2D eigenvalue weighted by atomic mass is 9.96. The van der Waals surface area contributed by atoms with Gasteiger partial charge in [0.1, 0.15) is 0 Å². The van der Waals surface area contributed by atoms with Crippen LogP contribution in [0.3, 0.4) is 0 Å². The van der Waals surface area contributed by atoms with Crippen LogP contribution >= 0.6 is 0 Å². The molecule has 0 radical (unpaired) electrons. The average molecular weight is 391 g/mol. The highest BCUT2D eigenvalue weighted by atomic mass is 32.2. The van der Waals surface area contributed by atoms with E-state index in [4.69, 9.17) is 5.11 Å². The van der Waals surface area contributed by atoms with Crippen LogP contribution in [-0.4, -0.2) is 70.2 Å². The number of carboxylic acid groups (broad SMARTS) is 1. The number of aromatic carboxylic acids is 1. The van der Waals surface area contributed by atoms with Crippen LogP contribution in [0.4, 0.5) is 0 Å². The first-order valence-electron chi connectivity index (χ1n) is 8.47. The van der Waals surface area contributed by atoms with Gasteiger partial charge in [-0.15, -0.1) is 0 Å². The van der Waals surface area contributed by atoms with Crippen molar-refractivity contribution in [1.29, 1.82) is 0 Å². The van der Waals surface area contributed by atoms with E-state index >= 15 is 0 Å². The average Bonchev–Trinajstić information content (AvgIpc) is 2.68. The zero-order valence-corrected chi connectivity index (χ0v) is 15.9. The fraction of sp³-hybridized carbons (Fsp3) is 0.412. The summed E-state index contributed by atoms with van der Waals surface area (Å²) in [5, 5.41) is 9.12. The molecule has 1 fully saturated rings. The van der Waals surface area contributed by atoms with Crippen molar-refractivity contribution < 1.29 is 18.3 Å². The number of nitrogens with zero attached hydrogens (tertiary/aromatic N) is 5. The van der Waals surface area contributed by atoms with Gasteiger partial charge in [-0.1, -0.05) is 0 Å². The molecule has 1 saturated heterocycles. The topological polar surface area (TPSA) is 117 Å². The Labute approximate surface area is 157 Å². The highest BCUT2D eigenvalue weighted by Gasteiger charge is 2.31. The number of pyridine rings is 1. The van der Waals surface area contributed by atoms with Gasteiger partial charge >= 0.3 is 5.97 Å². The SMILES string of the molecule is CN(C)S(=O)(=O)N1CCCC(c2cncc(-c3cncc(C(=O)O)c3)n2)C1. The molecule has 1 aliphatic rings. The van der Waals surface area contributed by atoms with Gasteiger partial charge in [0.25, 0.3) is 10.2 Å². The fourth-order valence-corrected chi connectivity index (χ4v) is 4.23. The molecule has 144 valence electrons. The third-order valence-electron chi connectivity index (χ3n) is 4.52. The Morgan fingerprint density at radius 2 is 1.96 bits per heavy atom. The van der Waals surface area contributed by atoms with E-state index in [-0.39, 0.29) is 11.5 Å². The van der Waals surface area contributed by atoms with E-state index in [1.165, 1.54) is 41.2 Å². The van der Waals surface area contributed by atoms with Crippen LogP contribution in [0.15, 0.2) is 30.9 Å². The lowest BCUT2D eigenvalue weighted by Gasteiger charge is -2.33. The summed E-state index contributed by atoms with van der Waals surface area (Å²) < 4.78 is 27.5. The summed E-state index contributed by atoms with van der Waals surface area (Å²) in [6, 6.07) is 1.49. The molecule has 1 N–H and O–H groups in total. The molecular formula is C17H21N5O4S. The molecular weight excluding hydrogens is 370 g/mol. The third kappa shape index (κ3) is 4.12. The molecule has 27 heavy (non-hydrogen) atoms. The Bertz CT molecular complexity index is 948. The number of rotatable bonds is 5. The van der Waals surface area contributed by atoms with Crippen LogP contribution in [0.2, 0.25) is 0 Å². The number of carboxylic acids is 1. The molecule has 0 aliphatic carbocycles. The Kier molecular flexibility index (Phi) is 5.49. The van der Waals surface area contributed by atoms with Crippen LogP contribution in [0.1, 0.15) is 34.8 Å². The van der Waals surface area contributed by atoms with E-state index in [1.54, 1.807) is 12.4 Å². The second-order valence-corrected chi connectivity index (χ2v) is 8.73. The van der Waals surface area contributed by atoms with Gasteiger partial charge in [0, 0.05) is 57.3 Å². The maximum atomic E-state index is 12.4. The normalized spacial score (nSPS) is 18.6. The lowest BCUT2D eigenvalue weighted by Crippen LogP contribution is -2.45. The minimum absolute atomic E-state index is 0.0700. The first kappa shape index (κ1) is 19.3. The summed E-state index contributed by atoms with van der Waals surface area (Å²) in [5.41, 5.74) is 1.82. The molecule has 0 bridgehead atoms. The van der Waals surface area contributed by atoms with Gasteiger partial charge in [-0.05, 0) is 18.9 Å². The molecule has 9 nitrogen and oxygen atoms in total. The van der Waals surface area contributed by atoms with Gasteiger partial charge in [0.05, 0.1) is 23.1 Å². The second-order valence-electron chi connectivity index (χ2n) is 6.58. The van der Waals surface area contributed by atoms with E-state index in [2.05, 4.69) is 15.0 Å². The third-order valence-corrected chi connectivity index (χ3v) is 6.43. The molecule has 0 aromatic carbocycles. The predicted octanol–water partition coefficient (Wildman–Crippen LogP) is 1.22. The fourth-order valence-electron chi connectivity index (χ4n) is 3.04. The molecule has 0 amide bonds. The molecule has 2 aromatic heterocycles. The van der Waals surface area contributed by atoms with Gasteiger partial charge in [0.15, 0.2) is 0 Å². The van der Waals surface area contributed by atoms with Crippen LogP contribution in [0, 0.1) is 0 Å². The van der Waals surface area contributed by atoms with Crippen molar-refractivity contribution in [3.8, 4) is 11.3 Å². The standard InChI is InChI=1S/C17H21N5O4S/c1-21(2)27(25,26)22-5-3-4-12(11-22)15-9-19-10-16(20-15)13-6-14(17(23)24)8-18-7-13/h6-10,12H,3-5,11H2,1-2H3,(H,23,24).